The highest BCUT2D eigenvalue weighted by Gasteiger charge is 2.30. The van der Waals surface area contributed by atoms with Crippen LogP contribution in [0.1, 0.15) is 29.7 Å². The van der Waals surface area contributed by atoms with Crippen molar-refractivity contribution in [3.05, 3.63) is 77.1 Å². The molecule has 0 fully saturated rings. The van der Waals surface area contributed by atoms with Gasteiger partial charge < -0.3 is 5.32 Å². The maximum atomic E-state index is 13.0. The molecule has 24 heavy (non-hydrogen) atoms. The molecule has 6 heteroatoms. The first-order chi connectivity index (χ1) is 11.3. The summed E-state index contributed by atoms with van der Waals surface area (Å²) in [6.45, 7) is 1.59. The molecule has 2 aromatic rings. The second kappa shape index (κ2) is 7.29. The van der Waals surface area contributed by atoms with Crippen LogP contribution in [0.5, 0.6) is 0 Å². The second-order valence-electron chi connectivity index (χ2n) is 5.24. The highest BCUT2D eigenvalue weighted by molar-refractivity contribution is 5.91. The lowest BCUT2D eigenvalue weighted by Gasteiger charge is -2.15. The van der Waals surface area contributed by atoms with Crippen LogP contribution in [0.4, 0.5) is 17.6 Å². The lowest BCUT2D eigenvalue weighted by atomic mass is 10.0. The Labute approximate surface area is 136 Å². The van der Waals surface area contributed by atoms with Crippen LogP contribution in [0.25, 0.3) is 6.08 Å². The smallest absolute Gasteiger partial charge is 0.346 e. The van der Waals surface area contributed by atoms with Crippen molar-refractivity contribution >= 4 is 12.0 Å². The van der Waals surface area contributed by atoms with Crippen molar-refractivity contribution in [2.24, 2.45) is 0 Å². The molecule has 0 radical (unpaired) electrons. The Morgan fingerprint density at radius 3 is 2.50 bits per heavy atom. The van der Waals surface area contributed by atoms with E-state index in [1.54, 1.807) is 13.0 Å². The standard InChI is InChI=1S/C18H15F4NO/c1-12(14-5-3-6-15(11-14)18(20,21)22)23-17(24)9-8-13-4-2-7-16(19)10-13/h2-12H,1H3,(H,23,24)/b9-8+. The number of nitrogens with one attached hydrogen (secondary N) is 1. The summed E-state index contributed by atoms with van der Waals surface area (Å²) in [6.07, 6.45) is -1.80. The number of carbonyl (C=O) groups excluding carboxylic acids is 1. The predicted octanol–water partition coefficient (Wildman–Crippen LogP) is 4.74. The van der Waals surface area contributed by atoms with Gasteiger partial charge in [-0.25, -0.2) is 4.39 Å². The van der Waals surface area contributed by atoms with Crippen LogP contribution in [0.3, 0.4) is 0 Å². The Morgan fingerprint density at radius 2 is 1.83 bits per heavy atom. The average Bonchev–Trinajstić information content (AvgIpc) is 2.52. The van der Waals surface area contributed by atoms with E-state index >= 15 is 0 Å². The minimum absolute atomic E-state index is 0.345. The summed E-state index contributed by atoms with van der Waals surface area (Å²) in [6, 6.07) is 9.87. The molecule has 1 N–H and O–H groups in total. The topological polar surface area (TPSA) is 29.1 Å². The SMILES string of the molecule is CC(NC(=O)/C=C/c1cccc(F)c1)c1cccc(C(F)(F)F)c1. The first kappa shape index (κ1) is 17.7. The summed E-state index contributed by atoms with van der Waals surface area (Å²) in [5.41, 5.74) is 0.0885. The Morgan fingerprint density at radius 1 is 1.12 bits per heavy atom. The summed E-state index contributed by atoms with van der Waals surface area (Å²) in [5.74, 6) is -0.904. The van der Waals surface area contributed by atoms with Crippen LogP contribution in [-0.2, 0) is 11.0 Å². The molecule has 0 heterocycles. The van der Waals surface area contributed by atoms with E-state index in [4.69, 9.17) is 0 Å². The third-order valence-corrected chi connectivity index (χ3v) is 3.35. The molecular formula is C18H15F4NO. The Balaban J connectivity index is 2.04. The van der Waals surface area contributed by atoms with Crippen LogP contribution in [0, 0.1) is 5.82 Å². The molecular weight excluding hydrogens is 322 g/mol. The third kappa shape index (κ3) is 4.94. The average molecular weight is 337 g/mol. The van der Waals surface area contributed by atoms with Crippen molar-refractivity contribution < 1.29 is 22.4 Å². The number of rotatable bonds is 4. The van der Waals surface area contributed by atoms with Crippen LogP contribution < -0.4 is 5.32 Å². The number of amides is 1. The van der Waals surface area contributed by atoms with Gasteiger partial charge in [0.15, 0.2) is 0 Å². The Hall–Kier alpha value is -2.63. The fraction of sp³-hybridized carbons (Fsp3) is 0.167. The largest absolute Gasteiger partial charge is 0.416 e. The fourth-order valence-electron chi connectivity index (χ4n) is 2.11. The van der Waals surface area contributed by atoms with Crippen LogP contribution in [0.15, 0.2) is 54.6 Å². The van der Waals surface area contributed by atoms with Crippen LogP contribution >= 0.6 is 0 Å². The van der Waals surface area contributed by atoms with Gasteiger partial charge >= 0.3 is 6.18 Å². The van der Waals surface area contributed by atoms with E-state index in [2.05, 4.69) is 5.32 Å². The number of hydrogen-bond donors (Lipinski definition) is 1. The summed E-state index contributed by atoms with van der Waals surface area (Å²) in [5, 5.41) is 2.57. The number of alkyl halides is 3. The zero-order chi connectivity index (χ0) is 17.7. The zero-order valence-corrected chi connectivity index (χ0v) is 12.8. The predicted molar refractivity (Wildman–Crippen MR) is 83.4 cm³/mol. The summed E-state index contributed by atoms with van der Waals surface area (Å²) < 4.78 is 51.1. The van der Waals surface area contributed by atoms with E-state index in [0.717, 1.165) is 12.1 Å². The number of benzene rings is 2. The summed E-state index contributed by atoms with van der Waals surface area (Å²) >= 11 is 0. The van der Waals surface area contributed by atoms with Gasteiger partial charge in [-0.1, -0.05) is 24.3 Å². The van der Waals surface area contributed by atoms with Gasteiger partial charge in [-0.3, -0.25) is 4.79 Å². The van der Waals surface area contributed by atoms with Crippen LogP contribution in [-0.4, -0.2) is 5.91 Å². The van der Waals surface area contributed by atoms with Crippen LogP contribution in [0.2, 0.25) is 0 Å². The molecule has 2 aromatic carbocycles. The van der Waals surface area contributed by atoms with E-state index in [1.165, 1.54) is 42.5 Å². The van der Waals surface area contributed by atoms with E-state index < -0.39 is 29.5 Å². The highest BCUT2D eigenvalue weighted by atomic mass is 19.4. The molecule has 1 atom stereocenters. The third-order valence-electron chi connectivity index (χ3n) is 3.35. The molecule has 126 valence electrons. The molecule has 1 amide bonds. The minimum atomic E-state index is -4.43. The van der Waals surface area contributed by atoms with Gasteiger partial charge in [-0.15, -0.1) is 0 Å². The van der Waals surface area contributed by atoms with Gasteiger partial charge in [0.25, 0.3) is 0 Å². The maximum Gasteiger partial charge on any atom is 0.416 e. The molecule has 0 spiro atoms. The number of carbonyl (C=O) groups is 1. The molecule has 0 saturated heterocycles. The molecule has 0 saturated carbocycles. The van der Waals surface area contributed by atoms with Crippen molar-refractivity contribution in [1.82, 2.24) is 5.32 Å². The molecule has 0 aromatic heterocycles. The van der Waals surface area contributed by atoms with Gasteiger partial charge in [0, 0.05) is 6.08 Å². The molecule has 0 aliphatic heterocycles. The van der Waals surface area contributed by atoms with Crippen molar-refractivity contribution in [2.45, 2.75) is 19.1 Å². The molecule has 0 bridgehead atoms. The van der Waals surface area contributed by atoms with E-state index in [0.29, 0.717) is 11.1 Å². The highest BCUT2D eigenvalue weighted by Crippen LogP contribution is 2.30. The van der Waals surface area contributed by atoms with Gasteiger partial charge in [-0.2, -0.15) is 13.2 Å². The first-order valence-electron chi connectivity index (χ1n) is 7.17. The minimum Gasteiger partial charge on any atom is -0.346 e. The molecule has 0 aliphatic carbocycles. The maximum absolute atomic E-state index is 13.0. The molecule has 0 aliphatic rings. The molecule has 2 rings (SSSR count). The van der Waals surface area contributed by atoms with Crippen molar-refractivity contribution in [2.75, 3.05) is 0 Å². The number of halogens is 4. The zero-order valence-electron chi connectivity index (χ0n) is 12.8. The normalized spacial score (nSPS) is 13.0. The Bertz CT molecular complexity index is 753. The Kier molecular flexibility index (Phi) is 5.39. The molecule has 1 unspecified atom stereocenters. The van der Waals surface area contributed by atoms with E-state index in [-0.39, 0.29) is 0 Å². The molecule has 2 nitrogen and oxygen atoms in total. The first-order valence-corrected chi connectivity index (χ1v) is 7.17. The van der Waals surface area contributed by atoms with E-state index in [1.807, 2.05) is 0 Å². The van der Waals surface area contributed by atoms with Gasteiger partial charge in [-0.05, 0) is 48.4 Å². The van der Waals surface area contributed by atoms with Crippen molar-refractivity contribution in [3.8, 4) is 0 Å². The summed E-state index contributed by atoms with van der Waals surface area (Å²) in [7, 11) is 0. The van der Waals surface area contributed by atoms with Crippen molar-refractivity contribution in [3.63, 3.8) is 0 Å². The monoisotopic (exact) mass is 337 g/mol. The van der Waals surface area contributed by atoms with E-state index in [9.17, 15) is 22.4 Å². The van der Waals surface area contributed by atoms with Crippen molar-refractivity contribution in [1.29, 1.82) is 0 Å². The number of hydrogen-bond acceptors (Lipinski definition) is 1. The summed E-state index contributed by atoms with van der Waals surface area (Å²) in [4.78, 5) is 11.9. The lowest BCUT2D eigenvalue weighted by Crippen LogP contribution is -2.24. The second-order valence-corrected chi connectivity index (χ2v) is 5.24. The quantitative estimate of drug-likeness (QED) is 0.634. The van der Waals surface area contributed by atoms with Gasteiger partial charge in [0.2, 0.25) is 5.91 Å². The van der Waals surface area contributed by atoms with Gasteiger partial charge in [0.05, 0.1) is 11.6 Å². The van der Waals surface area contributed by atoms with Gasteiger partial charge in [0.1, 0.15) is 5.82 Å². The lowest BCUT2D eigenvalue weighted by molar-refractivity contribution is -0.137. The fourth-order valence-corrected chi connectivity index (χ4v) is 2.11.